The first-order valence-corrected chi connectivity index (χ1v) is 7.64. The number of nitrogens with zero attached hydrogens (tertiary/aromatic N) is 1. The molecule has 3 nitrogen and oxygen atoms in total. The van der Waals surface area contributed by atoms with Crippen molar-refractivity contribution in [1.82, 2.24) is 10.2 Å². The second-order valence-corrected chi connectivity index (χ2v) is 5.35. The fourth-order valence-corrected chi connectivity index (χ4v) is 2.65. The molecule has 16 heavy (non-hydrogen) atoms. The van der Waals surface area contributed by atoms with Gasteiger partial charge >= 0.3 is 0 Å². The van der Waals surface area contributed by atoms with Gasteiger partial charge in [0.25, 0.3) is 0 Å². The van der Waals surface area contributed by atoms with E-state index in [9.17, 15) is 4.79 Å². The van der Waals surface area contributed by atoms with E-state index in [1.807, 2.05) is 23.7 Å². The number of amides is 1. The number of likely N-dealkylation sites (N-methyl/N-ethyl adjacent to an activating group) is 1. The third kappa shape index (κ3) is 4.34. The molecule has 1 heterocycles. The summed E-state index contributed by atoms with van der Waals surface area (Å²) in [6.07, 6.45) is 7.96. The molecule has 4 heteroatoms. The molecule has 1 saturated heterocycles. The lowest BCUT2D eigenvalue weighted by atomic mass is 10.0. The number of hydrogen-bond acceptors (Lipinski definition) is 3. The second kappa shape index (κ2) is 7.96. The van der Waals surface area contributed by atoms with E-state index in [0.717, 1.165) is 32.4 Å². The van der Waals surface area contributed by atoms with Gasteiger partial charge in [0.2, 0.25) is 5.91 Å². The standard InChI is InChI=1S/C12H24N2OS/c1-13-11-7-6-9-14(12(11)15)8-4-3-5-10-16-2/h11,13H,3-10H2,1-2H3. The van der Waals surface area contributed by atoms with Crippen molar-refractivity contribution < 1.29 is 4.79 Å². The lowest BCUT2D eigenvalue weighted by molar-refractivity contribution is -0.135. The first-order valence-electron chi connectivity index (χ1n) is 6.24. The molecule has 1 amide bonds. The van der Waals surface area contributed by atoms with Gasteiger partial charge in [-0.3, -0.25) is 4.79 Å². The van der Waals surface area contributed by atoms with Crippen molar-refractivity contribution >= 4 is 17.7 Å². The number of unbranched alkanes of at least 4 members (excludes halogenated alkanes) is 2. The summed E-state index contributed by atoms with van der Waals surface area (Å²) in [5.41, 5.74) is 0. The van der Waals surface area contributed by atoms with Gasteiger partial charge in [-0.05, 0) is 44.7 Å². The molecule has 1 rings (SSSR count). The summed E-state index contributed by atoms with van der Waals surface area (Å²) < 4.78 is 0. The lowest BCUT2D eigenvalue weighted by Crippen LogP contribution is -2.49. The van der Waals surface area contributed by atoms with Crippen LogP contribution in [0.4, 0.5) is 0 Å². The first-order chi connectivity index (χ1) is 7.79. The molecule has 1 aliphatic rings. The molecule has 1 fully saturated rings. The van der Waals surface area contributed by atoms with Crippen molar-refractivity contribution in [2.45, 2.75) is 38.1 Å². The Morgan fingerprint density at radius 1 is 1.44 bits per heavy atom. The van der Waals surface area contributed by atoms with Crippen LogP contribution in [0.3, 0.4) is 0 Å². The van der Waals surface area contributed by atoms with Crippen LogP contribution in [0, 0.1) is 0 Å². The van der Waals surface area contributed by atoms with Crippen molar-refractivity contribution in [1.29, 1.82) is 0 Å². The van der Waals surface area contributed by atoms with Crippen LogP contribution in [0.1, 0.15) is 32.1 Å². The molecule has 0 aromatic carbocycles. The van der Waals surface area contributed by atoms with Crippen LogP contribution >= 0.6 is 11.8 Å². The Hall–Kier alpha value is -0.220. The number of rotatable bonds is 7. The van der Waals surface area contributed by atoms with Crippen LogP contribution in [-0.4, -0.2) is 49.0 Å². The Morgan fingerprint density at radius 2 is 2.25 bits per heavy atom. The molecule has 0 aromatic rings. The quantitative estimate of drug-likeness (QED) is 0.692. The first kappa shape index (κ1) is 13.8. The maximum atomic E-state index is 11.9. The van der Waals surface area contributed by atoms with Crippen LogP contribution in [0.5, 0.6) is 0 Å². The molecule has 0 aromatic heterocycles. The topological polar surface area (TPSA) is 32.3 Å². The monoisotopic (exact) mass is 244 g/mol. The number of hydrogen-bond donors (Lipinski definition) is 1. The minimum absolute atomic E-state index is 0.0694. The van der Waals surface area contributed by atoms with E-state index in [0.29, 0.717) is 5.91 Å². The summed E-state index contributed by atoms with van der Waals surface area (Å²) in [5.74, 6) is 1.55. The van der Waals surface area contributed by atoms with E-state index in [-0.39, 0.29) is 6.04 Å². The van der Waals surface area contributed by atoms with Gasteiger partial charge in [-0.1, -0.05) is 6.42 Å². The van der Waals surface area contributed by atoms with Crippen molar-refractivity contribution in [3.8, 4) is 0 Å². The Bertz CT molecular complexity index is 211. The highest BCUT2D eigenvalue weighted by atomic mass is 32.2. The van der Waals surface area contributed by atoms with Gasteiger partial charge in [0.1, 0.15) is 0 Å². The van der Waals surface area contributed by atoms with E-state index < -0.39 is 0 Å². The second-order valence-electron chi connectivity index (χ2n) is 4.36. The van der Waals surface area contributed by atoms with Crippen molar-refractivity contribution in [2.75, 3.05) is 32.1 Å². The molecule has 1 aliphatic heterocycles. The van der Waals surface area contributed by atoms with Crippen LogP contribution in [0.25, 0.3) is 0 Å². The summed E-state index contributed by atoms with van der Waals surface area (Å²) in [7, 11) is 1.88. The molecular formula is C12H24N2OS. The van der Waals surface area contributed by atoms with E-state index in [4.69, 9.17) is 0 Å². The SMILES string of the molecule is CNC1CCCN(CCCCCSC)C1=O. The predicted octanol–water partition coefficient (Wildman–Crippen LogP) is 1.73. The van der Waals surface area contributed by atoms with Crippen LogP contribution < -0.4 is 5.32 Å². The molecule has 0 bridgehead atoms. The number of thioether (sulfide) groups is 1. The zero-order valence-electron chi connectivity index (χ0n) is 10.5. The molecule has 0 spiro atoms. The van der Waals surface area contributed by atoms with Gasteiger partial charge in [-0.2, -0.15) is 11.8 Å². The Kier molecular flexibility index (Phi) is 6.88. The largest absolute Gasteiger partial charge is 0.341 e. The van der Waals surface area contributed by atoms with Gasteiger partial charge < -0.3 is 10.2 Å². The average Bonchev–Trinajstić information content (AvgIpc) is 2.31. The molecule has 1 unspecified atom stereocenters. The molecule has 1 atom stereocenters. The van der Waals surface area contributed by atoms with E-state index in [2.05, 4.69) is 11.6 Å². The summed E-state index contributed by atoms with van der Waals surface area (Å²) >= 11 is 1.90. The van der Waals surface area contributed by atoms with Gasteiger partial charge in [-0.25, -0.2) is 0 Å². The van der Waals surface area contributed by atoms with Crippen molar-refractivity contribution in [3.63, 3.8) is 0 Å². The minimum atomic E-state index is 0.0694. The molecule has 0 radical (unpaired) electrons. The number of likely N-dealkylation sites (tertiary alicyclic amines) is 1. The smallest absolute Gasteiger partial charge is 0.239 e. The number of piperidine rings is 1. The predicted molar refractivity (Wildman–Crippen MR) is 70.9 cm³/mol. The fourth-order valence-electron chi connectivity index (χ4n) is 2.16. The van der Waals surface area contributed by atoms with Gasteiger partial charge in [0, 0.05) is 13.1 Å². The summed E-state index contributed by atoms with van der Waals surface area (Å²) in [6.45, 7) is 1.91. The highest BCUT2D eigenvalue weighted by Gasteiger charge is 2.26. The zero-order chi connectivity index (χ0) is 11.8. The zero-order valence-corrected chi connectivity index (χ0v) is 11.3. The van der Waals surface area contributed by atoms with Crippen LogP contribution in [0.2, 0.25) is 0 Å². The lowest BCUT2D eigenvalue weighted by Gasteiger charge is -2.32. The fraction of sp³-hybridized carbons (Fsp3) is 0.917. The molecule has 0 saturated carbocycles. The van der Waals surface area contributed by atoms with Gasteiger partial charge in [-0.15, -0.1) is 0 Å². The highest BCUT2D eigenvalue weighted by molar-refractivity contribution is 7.98. The van der Waals surface area contributed by atoms with E-state index >= 15 is 0 Å². The maximum absolute atomic E-state index is 11.9. The third-order valence-electron chi connectivity index (χ3n) is 3.16. The van der Waals surface area contributed by atoms with E-state index in [1.165, 1.54) is 18.6 Å². The molecule has 94 valence electrons. The Morgan fingerprint density at radius 3 is 2.94 bits per heavy atom. The number of nitrogens with one attached hydrogen (secondary N) is 1. The van der Waals surface area contributed by atoms with Crippen molar-refractivity contribution in [3.05, 3.63) is 0 Å². The summed E-state index contributed by atoms with van der Waals surface area (Å²) in [6, 6.07) is 0.0694. The molecule has 0 aliphatic carbocycles. The maximum Gasteiger partial charge on any atom is 0.239 e. The Balaban J connectivity index is 2.17. The number of carbonyl (C=O) groups is 1. The van der Waals surface area contributed by atoms with Crippen LogP contribution in [-0.2, 0) is 4.79 Å². The molecule has 1 N–H and O–H groups in total. The Labute approximate surface area is 103 Å². The average molecular weight is 244 g/mol. The van der Waals surface area contributed by atoms with Crippen LogP contribution in [0.15, 0.2) is 0 Å². The van der Waals surface area contributed by atoms with Crippen molar-refractivity contribution in [2.24, 2.45) is 0 Å². The summed E-state index contributed by atoms with van der Waals surface area (Å²) in [5, 5.41) is 3.10. The summed E-state index contributed by atoms with van der Waals surface area (Å²) in [4.78, 5) is 14.0. The van der Waals surface area contributed by atoms with Gasteiger partial charge in [0.15, 0.2) is 0 Å². The third-order valence-corrected chi connectivity index (χ3v) is 3.85. The minimum Gasteiger partial charge on any atom is -0.341 e. The van der Waals surface area contributed by atoms with E-state index in [1.54, 1.807) is 0 Å². The normalized spacial score (nSPS) is 21.5. The highest BCUT2D eigenvalue weighted by Crippen LogP contribution is 2.13. The number of carbonyl (C=O) groups excluding carboxylic acids is 1. The molecular weight excluding hydrogens is 220 g/mol. The van der Waals surface area contributed by atoms with Gasteiger partial charge in [0.05, 0.1) is 6.04 Å².